The highest BCUT2D eigenvalue weighted by Gasteiger charge is 2.51. The van der Waals surface area contributed by atoms with Crippen LogP contribution >= 0.6 is 36.6 Å². The van der Waals surface area contributed by atoms with Gasteiger partial charge in [0.2, 0.25) is 5.91 Å². The molecule has 1 aliphatic carbocycles. The van der Waals surface area contributed by atoms with Crippen LogP contribution in [0.5, 0.6) is 0 Å². The number of nitrogens with one attached hydrogen (secondary N) is 1. The normalized spacial score (nSPS) is 35.7. The van der Waals surface area contributed by atoms with E-state index in [4.69, 9.17) is 5.73 Å². The Morgan fingerprint density at radius 1 is 1.44 bits per heavy atom. The number of primary amides is 1. The van der Waals surface area contributed by atoms with E-state index in [9.17, 15) is 4.79 Å². The quantitative estimate of drug-likeness (QED) is 0.776. The van der Waals surface area contributed by atoms with Gasteiger partial charge in [0.15, 0.2) is 0 Å². The van der Waals surface area contributed by atoms with E-state index < -0.39 is 0 Å². The van der Waals surface area contributed by atoms with E-state index in [1.54, 1.807) is 11.8 Å². The Bertz CT molecular complexity index is 436. The van der Waals surface area contributed by atoms with Gasteiger partial charge in [-0.15, -0.1) is 36.6 Å². The summed E-state index contributed by atoms with van der Waals surface area (Å²) >= 11 is 1.73. The zero-order chi connectivity index (χ0) is 11.2. The molecule has 1 spiro atoms. The standard InChI is InChI=1S/C12H14N2OS.2ClH/c13-11(15)8-7-16-12-5-2-1-3-10(12)14-6-4-9(8)12;;/h1-3,5,7,9-10,14H,4,6H2,(H2,13,15);2*1H. The fraction of sp³-hybridized carbons (Fsp3) is 0.417. The summed E-state index contributed by atoms with van der Waals surface area (Å²) in [6.45, 7) is 0.945. The first kappa shape index (κ1) is 15.6. The molecule has 1 fully saturated rings. The first-order valence-corrected chi connectivity index (χ1v) is 6.39. The smallest absolute Gasteiger partial charge is 0.245 e. The van der Waals surface area contributed by atoms with Crippen LogP contribution in [0.25, 0.3) is 0 Å². The largest absolute Gasteiger partial charge is 0.366 e. The van der Waals surface area contributed by atoms with E-state index in [1.165, 1.54) is 0 Å². The Morgan fingerprint density at radius 3 is 2.94 bits per heavy atom. The Hall–Kier alpha value is -0.420. The molecule has 3 nitrogen and oxygen atoms in total. The predicted molar refractivity (Wildman–Crippen MR) is 80.3 cm³/mol. The van der Waals surface area contributed by atoms with Crippen molar-refractivity contribution in [1.29, 1.82) is 0 Å². The monoisotopic (exact) mass is 306 g/mol. The number of carbonyl (C=O) groups excluding carboxylic acids is 1. The number of nitrogens with two attached hydrogens (primary N) is 1. The third-order valence-electron chi connectivity index (χ3n) is 3.65. The second-order valence-corrected chi connectivity index (χ2v) is 5.60. The molecular formula is C12H16Cl2N2OS. The number of amides is 1. The molecule has 3 rings (SSSR count). The summed E-state index contributed by atoms with van der Waals surface area (Å²) in [6.07, 6.45) is 9.51. The average molecular weight is 307 g/mol. The summed E-state index contributed by atoms with van der Waals surface area (Å²) in [6, 6.07) is 0.314. The van der Waals surface area contributed by atoms with Crippen LogP contribution in [0.4, 0.5) is 0 Å². The Morgan fingerprint density at radius 2 is 2.22 bits per heavy atom. The highest BCUT2D eigenvalue weighted by Crippen LogP contribution is 2.52. The molecule has 0 aromatic heterocycles. The highest BCUT2D eigenvalue weighted by atomic mass is 35.5. The lowest BCUT2D eigenvalue weighted by Crippen LogP contribution is -2.56. The molecular weight excluding hydrogens is 291 g/mol. The van der Waals surface area contributed by atoms with Gasteiger partial charge in [-0.3, -0.25) is 4.79 Å². The van der Waals surface area contributed by atoms with Crippen LogP contribution in [0, 0.1) is 5.92 Å². The maximum absolute atomic E-state index is 11.4. The molecule has 3 aliphatic rings. The van der Waals surface area contributed by atoms with Crippen molar-refractivity contribution in [1.82, 2.24) is 5.32 Å². The van der Waals surface area contributed by atoms with Gasteiger partial charge >= 0.3 is 0 Å². The molecule has 18 heavy (non-hydrogen) atoms. The number of halogens is 2. The third kappa shape index (κ3) is 2.11. The van der Waals surface area contributed by atoms with E-state index in [-0.39, 0.29) is 41.4 Å². The first-order valence-electron chi connectivity index (χ1n) is 5.51. The summed E-state index contributed by atoms with van der Waals surface area (Å²) in [5.74, 6) is 0.000396. The van der Waals surface area contributed by atoms with Crippen LogP contribution in [0.2, 0.25) is 0 Å². The van der Waals surface area contributed by atoms with Gasteiger partial charge in [0.05, 0.1) is 4.75 Å². The van der Waals surface area contributed by atoms with E-state index >= 15 is 0 Å². The number of hydrogen-bond donors (Lipinski definition) is 2. The van der Waals surface area contributed by atoms with Crippen molar-refractivity contribution < 1.29 is 4.79 Å². The van der Waals surface area contributed by atoms with E-state index in [0.29, 0.717) is 6.04 Å². The van der Waals surface area contributed by atoms with Crippen LogP contribution < -0.4 is 11.1 Å². The Kier molecular flexibility index (Phi) is 4.95. The topological polar surface area (TPSA) is 55.1 Å². The van der Waals surface area contributed by atoms with Gasteiger partial charge in [-0.25, -0.2) is 0 Å². The summed E-state index contributed by atoms with van der Waals surface area (Å²) in [5, 5.41) is 5.45. The second kappa shape index (κ2) is 5.70. The first-order chi connectivity index (χ1) is 7.74. The molecule has 0 bridgehead atoms. The second-order valence-electron chi connectivity index (χ2n) is 4.43. The number of rotatable bonds is 1. The van der Waals surface area contributed by atoms with Gasteiger partial charge in [-0.1, -0.05) is 24.3 Å². The van der Waals surface area contributed by atoms with Crippen molar-refractivity contribution in [2.75, 3.05) is 6.54 Å². The van der Waals surface area contributed by atoms with Gasteiger partial charge in [0.1, 0.15) is 0 Å². The zero-order valence-electron chi connectivity index (χ0n) is 9.67. The molecule has 6 heteroatoms. The molecule has 0 aromatic carbocycles. The molecule has 0 saturated carbocycles. The highest BCUT2D eigenvalue weighted by molar-refractivity contribution is 8.04. The SMILES string of the molecule is Cl.Cl.NC(=O)C1=CSC23C=CC=CC2NCCC13. The van der Waals surface area contributed by atoms with Crippen LogP contribution in [0.3, 0.4) is 0 Å². The zero-order valence-corrected chi connectivity index (χ0v) is 12.1. The van der Waals surface area contributed by atoms with Gasteiger partial charge in [0, 0.05) is 17.5 Å². The Labute approximate surface area is 123 Å². The molecule has 1 amide bonds. The van der Waals surface area contributed by atoms with Crippen LogP contribution in [-0.2, 0) is 4.79 Å². The van der Waals surface area contributed by atoms with Gasteiger partial charge < -0.3 is 11.1 Å². The van der Waals surface area contributed by atoms with Crippen molar-refractivity contribution in [2.45, 2.75) is 17.2 Å². The maximum Gasteiger partial charge on any atom is 0.245 e. The number of piperidine rings is 1. The fourth-order valence-corrected chi connectivity index (χ4v) is 4.36. The number of hydrogen-bond acceptors (Lipinski definition) is 3. The lowest BCUT2D eigenvalue weighted by molar-refractivity contribution is -0.115. The van der Waals surface area contributed by atoms with Gasteiger partial charge in [-0.2, -0.15) is 0 Å². The molecule has 2 heterocycles. The molecule has 1 saturated heterocycles. The average Bonchev–Trinajstić information content (AvgIpc) is 2.66. The van der Waals surface area contributed by atoms with Crippen LogP contribution in [0.15, 0.2) is 35.3 Å². The van der Waals surface area contributed by atoms with Gasteiger partial charge in [-0.05, 0) is 18.4 Å². The summed E-state index contributed by atoms with van der Waals surface area (Å²) in [5.41, 5.74) is 6.24. The van der Waals surface area contributed by atoms with Crippen molar-refractivity contribution in [2.24, 2.45) is 11.7 Å². The lowest BCUT2D eigenvalue weighted by atomic mass is 9.74. The van der Waals surface area contributed by atoms with Crippen LogP contribution in [0.1, 0.15) is 6.42 Å². The molecule has 3 N–H and O–H groups in total. The third-order valence-corrected chi connectivity index (χ3v) is 5.10. The molecule has 100 valence electrons. The minimum absolute atomic E-state index is 0. The minimum atomic E-state index is -0.266. The van der Waals surface area contributed by atoms with Crippen molar-refractivity contribution in [3.63, 3.8) is 0 Å². The number of thioether (sulfide) groups is 1. The predicted octanol–water partition coefficient (Wildman–Crippen LogP) is 1.79. The van der Waals surface area contributed by atoms with E-state index in [0.717, 1.165) is 18.5 Å². The summed E-state index contributed by atoms with van der Waals surface area (Å²) in [7, 11) is 0. The Balaban J connectivity index is 0.000000810. The molecule has 0 aromatic rings. The summed E-state index contributed by atoms with van der Waals surface area (Å²) < 4.78 is -0.0165. The maximum atomic E-state index is 11.4. The molecule has 2 aliphatic heterocycles. The lowest BCUT2D eigenvalue weighted by Gasteiger charge is -2.44. The number of allylic oxidation sites excluding steroid dienone is 2. The molecule has 3 atom stereocenters. The van der Waals surface area contributed by atoms with Crippen LogP contribution in [-0.4, -0.2) is 23.2 Å². The fourth-order valence-electron chi connectivity index (χ4n) is 2.88. The van der Waals surface area contributed by atoms with Crippen molar-refractivity contribution in [3.8, 4) is 0 Å². The van der Waals surface area contributed by atoms with E-state index in [1.807, 2.05) is 5.41 Å². The number of carbonyl (C=O) groups is 1. The summed E-state index contributed by atoms with van der Waals surface area (Å²) in [4.78, 5) is 11.4. The molecule has 0 radical (unpaired) electrons. The molecule has 3 unspecified atom stereocenters. The van der Waals surface area contributed by atoms with Crippen molar-refractivity contribution >= 4 is 42.5 Å². The van der Waals surface area contributed by atoms with E-state index in [2.05, 4.69) is 29.6 Å². The van der Waals surface area contributed by atoms with Crippen molar-refractivity contribution in [3.05, 3.63) is 35.3 Å². The minimum Gasteiger partial charge on any atom is -0.366 e. The van der Waals surface area contributed by atoms with Gasteiger partial charge in [0.25, 0.3) is 0 Å².